The Morgan fingerprint density at radius 1 is 1.11 bits per heavy atom. The van der Waals surface area contributed by atoms with Gasteiger partial charge >= 0.3 is 7.12 Å². The van der Waals surface area contributed by atoms with E-state index in [9.17, 15) is 4.39 Å². The third-order valence-corrected chi connectivity index (χ3v) is 3.93. The van der Waals surface area contributed by atoms with Gasteiger partial charge in [-0.05, 0) is 45.8 Å². The monoisotopic (exact) mass is 282 g/mol. The minimum absolute atomic E-state index is 0.379. The number of hydrogen-bond donors (Lipinski definition) is 0. The highest BCUT2D eigenvalue weighted by Crippen LogP contribution is 2.37. The summed E-state index contributed by atoms with van der Waals surface area (Å²) in [5.74, 6) is 0.967. The molecule has 1 aliphatic heterocycles. The van der Waals surface area contributed by atoms with Crippen LogP contribution >= 0.6 is 11.6 Å². The first kappa shape index (κ1) is 14.6. The molecule has 0 aliphatic carbocycles. The summed E-state index contributed by atoms with van der Waals surface area (Å²) in [5.41, 5.74) is -0.470. The molecule has 1 saturated heterocycles. The predicted molar refractivity (Wildman–Crippen MR) is 76.6 cm³/mol. The van der Waals surface area contributed by atoms with E-state index in [4.69, 9.17) is 20.9 Å². The molecule has 102 valence electrons. The largest absolute Gasteiger partial charge is 0.490 e. The van der Waals surface area contributed by atoms with Gasteiger partial charge in [-0.15, -0.1) is 0 Å². The summed E-state index contributed by atoms with van der Waals surface area (Å²) in [7, 11) is -0.680. The van der Waals surface area contributed by atoms with Gasteiger partial charge in [0.05, 0.1) is 11.2 Å². The van der Waals surface area contributed by atoms with Crippen LogP contribution < -0.4 is 0 Å². The molecule has 1 aromatic rings. The maximum atomic E-state index is 14.1. The summed E-state index contributed by atoms with van der Waals surface area (Å²) < 4.78 is 25.5. The van der Waals surface area contributed by atoms with Crippen LogP contribution in [0.1, 0.15) is 33.3 Å². The van der Waals surface area contributed by atoms with E-state index in [1.165, 1.54) is 5.98 Å². The first-order valence-corrected chi connectivity index (χ1v) is 6.58. The Labute approximate surface area is 118 Å². The highest BCUT2D eigenvalue weighted by atomic mass is 35.5. The van der Waals surface area contributed by atoms with Crippen LogP contribution in [0.15, 0.2) is 30.2 Å². The lowest BCUT2D eigenvalue weighted by Gasteiger charge is -2.32. The molecule has 0 saturated carbocycles. The van der Waals surface area contributed by atoms with Crippen molar-refractivity contribution >= 4 is 24.5 Å². The van der Waals surface area contributed by atoms with Gasteiger partial charge in [0.15, 0.2) is 0 Å². The maximum absolute atomic E-state index is 14.1. The number of benzene rings is 1. The zero-order valence-electron chi connectivity index (χ0n) is 11.5. The zero-order chi connectivity index (χ0) is 14.3. The molecule has 19 heavy (non-hydrogen) atoms. The van der Waals surface area contributed by atoms with Gasteiger partial charge < -0.3 is 9.31 Å². The van der Waals surface area contributed by atoms with Crippen LogP contribution in [0.25, 0.3) is 5.83 Å². The highest BCUT2D eigenvalue weighted by Gasteiger charge is 2.50. The van der Waals surface area contributed by atoms with Gasteiger partial charge in [0.1, 0.15) is 5.83 Å². The molecule has 1 fully saturated rings. The molecule has 0 radical (unpaired) electrons. The van der Waals surface area contributed by atoms with Crippen molar-refractivity contribution in [3.05, 3.63) is 40.8 Å². The van der Waals surface area contributed by atoms with E-state index in [0.717, 1.165) is 0 Å². The van der Waals surface area contributed by atoms with Crippen molar-refractivity contribution in [1.29, 1.82) is 0 Å². The summed E-state index contributed by atoms with van der Waals surface area (Å²) in [6.07, 6.45) is 0. The molecule has 2 nitrogen and oxygen atoms in total. The second kappa shape index (κ2) is 4.93. The van der Waals surface area contributed by atoms with Crippen molar-refractivity contribution in [2.24, 2.45) is 0 Å². The predicted octanol–water partition coefficient (Wildman–Crippen LogP) is 4.28. The van der Waals surface area contributed by atoms with Gasteiger partial charge in [0.2, 0.25) is 0 Å². The summed E-state index contributed by atoms with van der Waals surface area (Å²) in [6, 6.07) is 6.54. The Balaban J connectivity index is 2.17. The van der Waals surface area contributed by atoms with E-state index in [-0.39, 0.29) is 5.83 Å². The van der Waals surface area contributed by atoms with E-state index < -0.39 is 18.3 Å². The molecular weight excluding hydrogens is 265 g/mol. The minimum Gasteiger partial charge on any atom is -0.400 e. The zero-order valence-corrected chi connectivity index (χ0v) is 12.3. The van der Waals surface area contributed by atoms with Crippen LogP contribution in [0.3, 0.4) is 0 Å². The van der Waals surface area contributed by atoms with E-state index >= 15 is 0 Å². The fourth-order valence-corrected chi connectivity index (χ4v) is 1.91. The van der Waals surface area contributed by atoms with E-state index in [1.54, 1.807) is 24.3 Å². The molecule has 5 heteroatoms. The SMILES string of the molecule is CC1(C)OB(/C=C(\F)c2ccc(Cl)cc2)OC1(C)C. The van der Waals surface area contributed by atoms with Crippen molar-refractivity contribution in [3.63, 3.8) is 0 Å². The first-order valence-electron chi connectivity index (χ1n) is 6.20. The number of hydrogen-bond acceptors (Lipinski definition) is 2. The van der Waals surface area contributed by atoms with Crippen LogP contribution in [0, 0.1) is 0 Å². The number of halogens is 2. The molecule has 1 heterocycles. The molecule has 1 aromatic carbocycles. The Morgan fingerprint density at radius 2 is 1.58 bits per heavy atom. The van der Waals surface area contributed by atoms with E-state index in [1.807, 2.05) is 27.7 Å². The molecule has 0 bridgehead atoms. The lowest BCUT2D eigenvalue weighted by Crippen LogP contribution is -2.41. The Hall–Kier alpha value is -0.835. The summed E-state index contributed by atoms with van der Waals surface area (Å²) in [5, 5.41) is 0.576. The summed E-state index contributed by atoms with van der Waals surface area (Å²) >= 11 is 5.77. The molecule has 0 spiro atoms. The van der Waals surface area contributed by atoms with Gasteiger partial charge in [-0.2, -0.15) is 0 Å². The van der Waals surface area contributed by atoms with Gasteiger partial charge in [0.25, 0.3) is 0 Å². The van der Waals surface area contributed by atoms with Crippen LogP contribution in [-0.2, 0) is 9.31 Å². The average Bonchev–Trinajstić information content (AvgIpc) is 2.47. The second-order valence-corrected chi connectivity index (χ2v) is 6.08. The topological polar surface area (TPSA) is 18.5 Å². The molecule has 0 atom stereocenters. The van der Waals surface area contributed by atoms with Crippen LogP contribution in [-0.4, -0.2) is 18.3 Å². The minimum atomic E-state index is -0.680. The van der Waals surface area contributed by atoms with Crippen molar-refractivity contribution in [2.75, 3.05) is 0 Å². The lowest BCUT2D eigenvalue weighted by atomic mass is 9.88. The van der Waals surface area contributed by atoms with Crippen molar-refractivity contribution in [1.82, 2.24) is 0 Å². The standard InChI is InChI=1S/C14H17BClFO2/c1-13(2)14(3,4)19-15(18-13)9-12(17)10-5-7-11(16)8-6-10/h5-9H,1-4H3/b12-9-. The third-order valence-electron chi connectivity index (χ3n) is 3.67. The van der Waals surface area contributed by atoms with Crippen molar-refractivity contribution in [2.45, 2.75) is 38.9 Å². The van der Waals surface area contributed by atoms with Crippen LogP contribution in [0.2, 0.25) is 5.02 Å². The fraction of sp³-hybridized carbons (Fsp3) is 0.429. The normalized spacial score (nSPS) is 21.8. The molecule has 0 amide bonds. The van der Waals surface area contributed by atoms with Gasteiger partial charge in [-0.1, -0.05) is 23.7 Å². The molecule has 0 aromatic heterocycles. The molecule has 0 unspecified atom stereocenters. The summed E-state index contributed by atoms with van der Waals surface area (Å²) in [4.78, 5) is 0. The first-order chi connectivity index (χ1) is 8.71. The van der Waals surface area contributed by atoms with Gasteiger partial charge in [0, 0.05) is 10.6 Å². The van der Waals surface area contributed by atoms with Crippen LogP contribution in [0.4, 0.5) is 4.39 Å². The Morgan fingerprint density at radius 3 is 2.05 bits per heavy atom. The van der Waals surface area contributed by atoms with Crippen LogP contribution in [0.5, 0.6) is 0 Å². The van der Waals surface area contributed by atoms with Crippen molar-refractivity contribution in [3.8, 4) is 0 Å². The second-order valence-electron chi connectivity index (χ2n) is 5.65. The smallest absolute Gasteiger partial charge is 0.400 e. The van der Waals surface area contributed by atoms with Gasteiger partial charge in [-0.3, -0.25) is 0 Å². The quantitative estimate of drug-likeness (QED) is 0.754. The van der Waals surface area contributed by atoms with Gasteiger partial charge in [-0.25, -0.2) is 4.39 Å². The highest BCUT2D eigenvalue weighted by molar-refractivity contribution is 6.53. The van der Waals surface area contributed by atoms with E-state index in [0.29, 0.717) is 10.6 Å². The average molecular weight is 283 g/mol. The third kappa shape index (κ3) is 3.02. The number of rotatable bonds is 2. The Kier molecular flexibility index (Phi) is 3.78. The Bertz CT molecular complexity index is 481. The molecule has 1 aliphatic rings. The molecular formula is C14H17BClFO2. The molecule has 2 rings (SSSR count). The van der Waals surface area contributed by atoms with Crippen molar-refractivity contribution < 1.29 is 13.7 Å². The van der Waals surface area contributed by atoms with E-state index in [2.05, 4.69) is 0 Å². The fourth-order valence-electron chi connectivity index (χ4n) is 1.78. The lowest BCUT2D eigenvalue weighted by molar-refractivity contribution is 0.00578. The summed E-state index contributed by atoms with van der Waals surface area (Å²) in [6.45, 7) is 7.73. The maximum Gasteiger partial charge on any atom is 0.490 e. The molecule has 0 N–H and O–H groups in total.